The van der Waals surface area contributed by atoms with E-state index in [1.165, 1.54) is 6.92 Å². The monoisotopic (exact) mass is 190 g/mol. The van der Waals surface area contributed by atoms with Crippen LogP contribution in [0.4, 0.5) is 0 Å². The van der Waals surface area contributed by atoms with Crippen LogP contribution in [0.3, 0.4) is 0 Å². The third-order valence-corrected chi connectivity index (χ3v) is 1.83. The maximum Gasteiger partial charge on any atom is 0.326 e. The largest absolute Gasteiger partial charge is 0.465 e. The van der Waals surface area contributed by atoms with Crippen LogP contribution in [0.15, 0.2) is 0 Å². The smallest absolute Gasteiger partial charge is 0.326 e. The zero-order valence-electron chi connectivity index (χ0n) is 8.07. The van der Waals surface area contributed by atoms with E-state index in [2.05, 4.69) is 5.92 Å². The molecule has 0 rings (SSSR count). The van der Waals surface area contributed by atoms with Crippen molar-refractivity contribution in [2.24, 2.45) is 11.3 Å². The molecule has 4 heteroatoms. The minimum absolute atomic E-state index is 0.166. The van der Waals surface area contributed by atoms with E-state index in [4.69, 9.17) is 21.7 Å². The molecule has 0 aliphatic heterocycles. The molecule has 0 heterocycles. The number of ether oxygens (including phenoxy) is 1. The summed E-state index contributed by atoms with van der Waals surface area (Å²) in [6.45, 7) is 3.14. The van der Waals surface area contributed by atoms with Gasteiger partial charge >= 0.3 is 5.97 Å². The molecule has 0 amide bonds. The lowest BCUT2D eigenvalue weighted by molar-refractivity contribution is -0.151. The second-order valence-electron chi connectivity index (χ2n) is 2.76. The summed E-state index contributed by atoms with van der Waals surface area (Å²) in [6, 6.07) is 3.36. The molecule has 1 atom stereocenters. The summed E-state index contributed by atoms with van der Waals surface area (Å²) < 4.78 is 4.70. The van der Waals surface area contributed by atoms with Gasteiger partial charge in [0.25, 0.3) is 0 Å². The van der Waals surface area contributed by atoms with Crippen LogP contribution in [0.25, 0.3) is 0 Å². The fraction of sp³-hybridized carbons (Fsp3) is 0.500. The standard InChI is InChI=1S/C10H10N2O2/c1-4-10(3,8(6-11)7-12)9(13)14-5-2/h1,8H,5H2,2-3H3/t10-/m0/s1. The molecule has 0 saturated carbocycles. The normalized spacial score (nSPS) is 13.1. The van der Waals surface area contributed by atoms with Crippen LogP contribution in [0.5, 0.6) is 0 Å². The molecule has 0 N–H and O–H groups in total. The molecular weight excluding hydrogens is 180 g/mol. The van der Waals surface area contributed by atoms with Gasteiger partial charge in [-0.05, 0) is 13.8 Å². The van der Waals surface area contributed by atoms with E-state index in [1.54, 1.807) is 19.1 Å². The van der Waals surface area contributed by atoms with E-state index < -0.39 is 17.3 Å². The highest BCUT2D eigenvalue weighted by atomic mass is 16.5. The van der Waals surface area contributed by atoms with Crippen LogP contribution in [0.1, 0.15) is 13.8 Å². The van der Waals surface area contributed by atoms with Gasteiger partial charge in [-0.2, -0.15) is 10.5 Å². The lowest BCUT2D eigenvalue weighted by Crippen LogP contribution is -2.35. The topological polar surface area (TPSA) is 73.9 Å². The number of esters is 1. The van der Waals surface area contributed by atoms with Crippen LogP contribution in [0.2, 0.25) is 0 Å². The van der Waals surface area contributed by atoms with Gasteiger partial charge in [-0.3, -0.25) is 4.79 Å². The van der Waals surface area contributed by atoms with Crippen molar-refractivity contribution in [3.05, 3.63) is 0 Å². The van der Waals surface area contributed by atoms with E-state index >= 15 is 0 Å². The number of rotatable bonds is 3. The summed E-state index contributed by atoms with van der Waals surface area (Å²) >= 11 is 0. The molecule has 0 aromatic rings. The summed E-state index contributed by atoms with van der Waals surface area (Å²) in [5.41, 5.74) is -1.49. The Labute approximate surface area is 83.1 Å². The van der Waals surface area contributed by atoms with Gasteiger partial charge in [0, 0.05) is 0 Å². The maximum atomic E-state index is 11.4. The van der Waals surface area contributed by atoms with Gasteiger partial charge in [0.2, 0.25) is 0 Å². The lowest BCUT2D eigenvalue weighted by atomic mass is 9.79. The molecule has 0 aliphatic rings. The number of terminal acetylenes is 1. The number of nitriles is 2. The summed E-state index contributed by atoms with van der Waals surface area (Å²) in [7, 11) is 0. The quantitative estimate of drug-likeness (QED) is 0.488. The molecule has 0 fully saturated rings. The maximum absolute atomic E-state index is 11.4. The molecule has 0 bridgehead atoms. The fourth-order valence-corrected chi connectivity index (χ4v) is 0.828. The number of hydrogen-bond donors (Lipinski definition) is 0. The third kappa shape index (κ3) is 2.03. The van der Waals surface area contributed by atoms with Crippen molar-refractivity contribution in [3.63, 3.8) is 0 Å². The average Bonchev–Trinajstić information content (AvgIpc) is 2.19. The Morgan fingerprint density at radius 2 is 2.07 bits per heavy atom. The average molecular weight is 190 g/mol. The van der Waals surface area contributed by atoms with Gasteiger partial charge in [-0.1, -0.05) is 5.92 Å². The Bertz CT molecular complexity index is 329. The van der Waals surface area contributed by atoms with Gasteiger partial charge in [0.15, 0.2) is 11.3 Å². The molecule has 72 valence electrons. The summed E-state index contributed by atoms with van der Waals surface area (Å²) in [5.74, 6) is 0.245. The highest BCUT2D eigenvalue weighted by Gasteiger charge is 2.42. The van der Waals surface area contributed by atoms with Crippen LogP contribution in [-0.4, -0.2) is 12.6 Å². The number of carbonyl (C=O) groups is 1. The van der Waals surface area contributed by atoms with Gasteiger partial charge in [-0.25, -0.2) is 0 Å². The van der Waals surface area contributed by atoms with Crippen molar-refractivity contribution >= 4 is 5.97 Å². The molecule has 0 aromatic carbocycles. The van der Waals surface area contributed by atoms with Crippen molar-refractivity contribution in [1.29, 1.82) is 10.5 Å². The van der Waals surface area contributed by atoms with Crippen LogP contribution in [-0.2, 0) is 9.53 Å². The molecule has 0 radical (unpaired) electrons. The first-order valence-electron chi connectivity index (χ1n) is 4.01. The zero-order chi connectivity index (χ0) is 11.2. The van der Waals surface area contributed by atoms with E-state index in [9.17, 15) is 4.79 Å². The molecule has 0 aliphatic carbocycles. The van der Waals surface area contributed by atoms with Crippen LogP contribution < -0.4 is 0 Å². The molecule has 14 heavy (non-hydrogen) atoms. The van der Waals surface area contributed by atoms with Crippen molar-refractivity contribution in [2.75, 3.05) is 6.61 Å². The van der Waals surface area contributed by atoms with Gasteiger partial charge in [0.1, 0.15) is 0 Å². The van der Waals surface area contributed by atoms with Crippen molar-refractivity contribution in [1.82, 2.24) is 0 Å². The number of nitrogens with zero attached hydrogens (tertiary/aromatic N) is 2. The highest BCUT2D eigenvalue weighted by Crippen LogP contribution is 2.27. The Balaban J connectivity index is 5.03. The summed E-state index contributed by atoms with van der Waals surface area (Å²) in [6.07, 6.45) is 5.14. The van der Waals surface area contributed by atoms with E-state index in [-0.39, 0.29) is 6.61 Å². The van der Waals surface area contributed by atoms with Crippen LogP contribution >= 0.6 is 0 Å². The Hall–Kier alpha value is -1.99. The number of hydrogen-bond acceptors (Lipinski definition) is 4. The lowest BCUT2D eigenvalue weighted by Gasteiger charge is -2.21. The molecular formula is C10H10N2O2. The third-order valence-electron chi connectivity index (χ3n) is 1.83. The Morgan fingerprint density at radius 1 is 1.57 bits per heavy atom. The predicted octanol–water partition coefficient (Wildman–Crippen LogP) is 0.852. The first-order chi connectivity index (χ1) is 6.56. The summed E-state index contributed by atoms with van der Waals surface area (Å²) in [4.78, 5) is 11.4. The Kier molecular flexibility index (Phi) is 4.20. The second-order valence-corrected chi connectivity index (χ2v) is 2.76. The minimum Gasteiger partial charge on any atom is -0.465 e. The van der Waals surface area contributed by atoms with E-state index in [0.29, 0.717) is 0 Å². The molecule has 0 spiro atoms. The molecule has 0 saturated heterocycles. The first-order valence-corrected chi connectivity index (χ1v) is 4.01. The SMILES string of the molecule is C#C[C@](C)(C(=O)OCC)C(C#N)C#N. The van der Waals surface area contributed by atoms with Crippen molar-refractivity contribution in [3.8, 4) is 24.5 Å². The Morgan fingerprint density at radius 3 is 2.36 bits per heavy atom. The van der Waals surface area contributed by atoms with Gasteiger partial charge in [0.05, 0.1) is 18.7 Å². The van der Waals surface area contributed by atoms with Gasteiger partial charge in [-0.15, -0.1) is 6.42 Å². The van der Waals surface area contributed by atoms with Crippen molar-refractivity contribution in [2.45, 2.75) is 13.8 Å². The summed E-state index contributed by atoms with van der Waals surface area (Å²) in [5, 5.41) is 17.3. The fourth-order valence-electron chi connectivity index (χ4n) is 0.828. The first kappa shape index (κ1) is 12.0. The highest BCUT2D eigenvalue weighted by molar-refractivity contribution is 5.81. The molecule has 0 unspecified atom stereocenters. The zero-order valence-corrected chi connectivity index (χ0v) is 8.07. The number of carbonyl (C=O) groups excluding carboxylic acids is 1. The predicted molar refractivity (Wildman–Crippen MR) is 48.3 cm³/mol. The van der Waals surface area contributed by atoms with E-state index in [1.807, 2.05) is 0 Å². The van der Waals surface area contributed by atoms with Gasteiger partial charge < -0.3 is 4.74 Å². The van der Waals surface area contributed by atoms with Crippen LogP contribution in [0, 0.1) is 46.3 Å². The molecule has 4 nitrogen and oxygen atoms in total. The molecule has 0 aromatic heterocycles. The van der Waals surface area contributed by atoms with Crippen molar-refractivity contribution < 1.29 is 9.53 Å². The van der Waals surface area contributed by atoms with E-state index in [0.717, 1.165) is 0 Å². The minimum atomic E-state index is -1.49. The second kappa shape index (κ2) is 4.90.